The number of nitrogens with zero attached hydrogens (tertiary/aromatic N) is 1. The van der Waals surface area contributed by atoms with Crippen molar-refractivity contribution in [2.45, 2.75) is 6.18 Å². The SMILES string of the molecule is O=C(NCP(=O)(Oc1ccccc1)Oc1ccccc1)c1cc(Oc2ccc(C(F)(F)F)cc2Cl)ccc1[N+](=O)[O-]. The molecule has 0 heterocycles. The minimum absolute atomic E-state index is 0.133. The van der Waals surface area contributed by atoms with Crippen LogP contribution in [0.5, 0.6) is 23.0 Å². The summed E-state index contributed by atoms with van der Waals surface area (Å²) in [6, 6.07) is 21.6. The predicted molar refractivity (Wildman–Crippen MR) is 144 cm³/mol. The number of amides is 1. The average molecular weight is 607 g/mol. The molecule has 0 saturated heterocycles. The van der Waals surface area contributed by atoms with Crippen molar-refractivity contribution < 1.29 is 41.2 Å². The van der Waals surface area contributed by atoms with Crippen LogP contribution in [0.15, 0.2) is 97.1 Å². The summed E-state index contributed by atoms with van der Waals surface area (Å²) < 4.78 is 69.1. The van der Waals surface area contributed by atoms with E-state index < -0.39 is 47.7 Å². The number of halogens is 4. The Balaban J connectivity index is 1.57. The van der Waals surface area contributed by atoms with Crippen molar-refractivity contribution in [3.05, 3.63) is 123 Å². The fourth-order valence-corrected chi connectivity index (χ4v) is 5.05. The summed E-state index contributed by atoms with van der Waals surface area (Å²) in [7, 11) is -4.11. The number of hydrogen-bond acceptors (Lipinski definition) is 7. The van der Waals surface area contributed by atoms with E-state index in [1.165, 1.54) is 24.3 Å². The maximum Gasteiger partial charge on any atom is 0.449 e. The molecule has 0 radical (unpaired) electrons. The zero-order valence-electron chi connectivity index (χ0n) is 20.7. The molecule has 0 saturated carbocycles. The van der Waals surface area contributed by atoms with E-state index in [9.17, 15) is 32.6 Å². The predicted octanol–water partition coefficient (Wildman–Crippen LogP) is 8.10. The molecule has 0 aromatic heterocycles. The fraction of sp³-hybridized carbons (Fsp3) is 0.0741. The van der Waals surface area contributed by atoms with E-state index in [4.69, 9.17) is 25.4 Å². The third-order valence-electron chi connectivity index (χ3n) is 5.31. The van der Waals surface area contributed by atoms with E-state index >= 15 is 0 Å². The lowest BCUT2D eigenvalue weighted by molar-refractivity contribution is -0.385. The molecule has 0 fully saturated rings. The van der Waals surface area contributed by atoms with Crippen LogP contribution < -0.4 is 19.1 Å². The van der Waals surface area contributed by atoms with Gasteiger partial charge in [-0.15, -0.1) is 0 Å². The lowest BCUT2D eigenvalue weighted by Crippen LogP contribution is -2.27. The van der Waals surface area contributed by atoms with Crippen LogP contribution >= 0.6 is 19.2 Å². The Bertz CT molecular complexity index is 1560. The van der Waals surface area contributed by atoms with Crippen LogP contribution in [0.1, 0.15) is 15.9 Å². The second-order valence-electron chi connectivity index (χ2n) is 8.26. The first-order chi connectivity index (χ1) is 19.4. The molecule has 212 valence electrons. The highest BCUT2D eigenvalue weighted by Crippen LogP contribution is 2.47. The first kappa shape index (κ1) is 29.4. The van der Waals surface area contributed by atoms with Crippen LogP contribution in [0, 0.1) is 10.1 Å². The number of rotatable bonds is 10. The Morgan fingerprint density at radius 1 is 0.878 bits per heavy atom. The van der Waals surface area contributed by atoms with E-state index in [-0.39, 0.29) is 28.0 Å². The van der Waals surface area contributed by atoms with Gasteiger partial charge in [0.25, 0.3) is 11.6 Å². The number of nitrogens with one attached hydrogen (secondary N) is 1. The van der Waals surface area contributed by atoms with Crippen molar-refractivity contribution >= 4 is 30.8 Å². The van der Waals surface area contributed by atoms with Crippen molar-refractivity contribution in [1.29, 1.82) is 0 Å². The number of alkyl halides is 3. The molecule has 4 aromatic rings. The topological polar surface area (TPSA) is 117 Å². The second-order valence-corrected chi connectivity index (χ2v) is 10.6. The minimum Gasteiger partial charge on any atom is -0.456 e. The largest absolute Gasteiger partial charge is 0.456 e. The molecule has 1 amide bonds. The first-order valence-corrected chi connectivity index (χ1v) is 13.7. The normalized spacial score (nSPS) is 11.4. The summed E-state index contributed by atoms with van der Waals surface area (Å²) in [6.45, 7) is 0. The van der Waals surface area contributed by atoms with Crippen LogP contribution in [-0.2, 0) is 10.7 Å². The third-order valence-corrected chi connectivity index (χ3v) is 7.12. The Kier molecular flexibility index (Phi) is 8.85. The van der Waals surface area contributed by atoms with Gasteiger partial charge in [-0.05, 0) is 48.5 Å². The molecule has 0 aliphatic heterocycles. The Morgan fingerprint density at radius 3 is 1.98 bits per heavy atom. The van der Waals surface area contributed by atoms with Crippen molar-refractivity contribution in [1.82, 2.24) is 5.32 Å². The number of carbonyl (C=O) groups is 1. The molecule has 9 nitrogen and oxygen atoms in total. The number of carbonyl (C=O) groups excluding carboxylic acids is 1. The lowest BCUT2D eigenvalue weighted by Gasteiger charge is -2.20. The molecule has 4 aromatic carbocycles. The average Bonchev–Trinajstić information content (AvgIpc) is 2.93. The standard InChI is InChI=1S/C27H19ClF3N2O7P/c28-23-15-18(27(29,30)31)11-14-25(23)38-21-12-13-24(33(35)36)22(16-21)26(34)32-17-41(37,39-19-7-3-1-4-8-19)40-20-9-5-2-6-10-20/h1-16H,17H2,(H,32,34). The second kappa shape index (κ2) is 12.3. The first-order valence-electron chi connectivity index (χ1n) is 11.6. The van der Waals surface area contributed by atoms with Crippen molar-refractivity contribution in [3.63, 3.8) is 0 Å². The van der Waals surface area contributed by atoms with Crippen LogP contribution in [0.3, 0.4) is 0 Å². The molecule has 0 bridgehead atoms. The third kappa shape index (κ3) is 7.77. The zero-order chi connectivity index (χ0) is 29.6. The molecule has 14 heteroatoms. The summed E-state index contributed by atoms with van der Waals surface area (Å²) in [6.07, 6.45) is -5.31. The molecular formula is C27H19ClF3N2O7P. The maximum absolute atomic E-state index is 13.6. The van der Waals surface area contributed by atoms with Crippen molar-refractivity contribution in [2.24, 2.45) is 0 Å². The van der Waals surface area contributed by atoms with Gasteiger partial charge in [0, 0.05) is 12.1 Å². The number of para-hydroxylation sites is 2. The van der Waals surface area contributed by atoms with Crippen LogP contribution in [0.4, 0.5) is 18.9 Å². The number of ether oxygens (including phenoxy) is 1. The monoisotopic (exact) mass is 606 g/mol. The Morgan fingerprint density at radius 2 is 1.46 bits per heavy atom. The minimum atomic E-state index is -4.63. The highest BCUT2D eigenvalue weighted by Gasteiger charge is 2.32. The number of benzene rings is 4. The van der Waals surface area contributed by atoms with Gasteiger partial charge in [0.1, 0.15) is 34.8 Å². The molecule has 41 heavy (non-hydrogen) atoms. The van der Waals surface area contributed by atoms with Gasteiger partial charge in [0.2, 0.25) is 0 Å². The van der Waals surface area contributed by atoms with E-state index in [1.54, 1.807) is 36.4 Å². The highest BCUT2D eigenvalue weighted by atomic mass is 35.5. The Labute approximate surface area is 236 Å². The van der Waals surface area contributed by atoms with E-state index in [0.29, 0.717) is 6.07 Å². The summed E-state index contributed by atoms with van der Waals surface area (Å²) in [5.41, 5.74) is -2.10. The molecule has 0 atom stereocenters. The van der Waals surface area contributed by atoms with Crippen molar-refractivity contribution in [3.8, 4) is 23.0 Å². The molecule has 0 aliphatic rings. The van der Waals surface area contributed by atoms with Gasteiger partial charge in [-0.25, -0.2) is 4.57 Å². The number of nitro groups is 1. The molecule has 0 aliphatic carbocycles. The number of nitro benzene ring substituents is 1. The molecule has 1 N–H and O–H groups in total. The maximum atomic E-state index is 13.6. The van der Waals surface area contributed by atoms with E-state index in [1.807, 2.05) is 0 Å². The van der Waals surface area contributed by atoms with Gasteiger partial charge in [-0.1, -0.05) is 48.0 Å². The zero-order valence-corrected chi connectivity index (χ0v) is 22.4. The quantitative estimate of drug-likeness (QED) is 0.110. The van der Waals surface area contributed by atoms with Gasteiger partial charge in [-0.3, -0.25) is 14.9 Å². The van der Waals surface area contributed by atoms with Gasteiger partial charge >= 0.3 is 13.8 Å². The number of hydrogen-bond donors (Lipinski definition) is 1. The molecule has 4 rings (SSSR count). The van der Waals surface area contributed by atoms with E-state index in [0.717, 1.165) is 30.3 Å². The van der Waals surface area contributed by atoms with Crippen molar-refractivity contribution in [2.75, 3.05) is 6.29 Å². The van der Waals surface area contributed by atoms with Gasteiger partial charge in [0.05, 0.1) is 15.5 Å². The summed E-state index contributed by atoms with van der Waals surface area (Å²) in [5, 5.41) is 13.6. The highest BCUT2D eigenvalue weighted by molar-refractivity contribution is 7.54. The fourth-order valence-electron chi connectivity index (χ4n) is 3.44. The summed E-state index contributed by atoms with van der Waals surface area (Å²) in [4.78, 5) is 23.9. The van der Waals surface area contributed by atoms with Crippen LogP contribution in [0.25, 0.3) is 0 Å². The van der Waals surface area contributed by atoms with Gasteiger partial charge in [0.15, 0.2) is 0 Å². The van der Waals surface area contributed by atoms with Gasteiger partial charge in [-0.2, -0.15) is 13.2 Å². The molecule has 0 unspecified atom stereocenters. The van der Waals surface area contributed by atoms with Gasteiger partial charge < -0.3 is 19.1 Å². The van der Waals surface area contributed by atoms with Crippen LogP contribution in [0.2, 0.25) is 5.02 Å². The summed E-state index contributed by atoms with van der Waals surface area (Å²) in [5.74, 6) is -0.954. The smallest absolute Gasteiger partial charge is 0.449 e. The molecule has 0 spiro atoms. The summed E-state index contributed by atoms with van der Waals surface area (Å²) >= 11 is 5.93. The van der Waals surface area contributed by atoms with Crippen LogP contribution in [-0.4, -0.2) is 17.1 Å². The molecular weight excluding hydrogens is 588 g/mol. The Hall–Kier alpha value is -4.54. The lowest BCUT2D eigenvalue weighted by atomic mass is 10.1. The van der Waals surface area contributed by atoms with E-state index in [2.05, 4.69) is 5.32 Å².